The molecule has 2 heterocycles. The zero-order valence-corrected chi connectivity index (χ0v) is 15.8. The van der Waals surface area contributed by atoms with E-state index in [1.807, 2.05) is 50.2 Å². The lowest BCUT2D eigenvalue weighted by Crippen LogP contribution is -2.08. The molecule has 29 heavy (non-hydrogen) atoms. The van der Waals surface area contributed by atoms with E-state index in [0.717, 1.165) is 16.7 Å². The van der Waals surface area contributed by atoms with Crippen molar-refractivity contribution in [3.05, 3.63) is 81.3 Å². The lowest BCUT2D eigenvalue weighted by molar-refractivity contribution is 0.587. The number of anilines is 1. The highest BCUT2D eigenvalue weighted by molar-refractivity contribution is 5.86. The molecular weight excluding hydrogens is 368 g/mol. The van der Waals surface area contributed by atoms with Gasteiger partial charge in [-0.05, 0) is 38.1 Å². The van der Waals surface area contributed by atoms with Gasteiger partial charge in [0, 0.05) is 5.56 Å². The number of aryl methyl sites for hydroxylation is 2. The second-order valence-electron chi connectivity index (χ2n) is 6.56. The van der Waals surface area contributed by atoms with Crippen molar-refractivity contribution in [3.63, 3.8) is 0 Å². The molecule has 0 aliphatic heterocycles. The summed E-state index contributed by atoms with van der Waals surface area (Å²) in [5.41, 5.74) is 6.10. The van der Waals surface area contributed by atoms with Gasteiger partial charge in [-0.25, -0.2) is 5.43 Å². The number of nitrogens with zero attached hydrogens (tertiary/aromatic N) is 3. The molecule has 0 saturated carbocycles. The first kappa shape index (κ1) is 18.2. The summed E-state index contributed by atoms with van der Waals surface area (Å²) in [5, 5.41) is 13.8. The average molecular weight is 384 g/mol. The third-order valence-corrected chi connectivity index (χ3v) is 4.36. The summed E-state index contributed by atoms with van der Waals surface area (Å²) in [6.45, 7) is 3.88. The number of oxazole rings is 1. The summed E-state index contributed by atoms with van der Waals surface area (Å²) in [4.78, 5) is 16.8. The van der Waals surface area contributed by atoms with E-state index < -0.39 is 0 Å². The molecule has 4 rings (SSSR count). The zero-order chi connectivity index (χ0) is 20.4. The first-order valence-electron chi connectivity index (χ1n) is 8.84. The van der Waals surface area contributed by atoms with Crippen molar-refractivity contribution in [1.29, 1.82) is 5.26 Å². The number of nitrogens with one attached hydrogen (secondary N) is 1. The molecule has 0 aliphatic rings. The van der Waals surface area contributed by atoms with Crippen LogP contribution < -0.4 is 10.9 Å². The topological polar surface area (TPSA) is 104 Å². The van der Waals surface area contributed by atoms with Crippen molar-refractivity contribution in [1.82, 2.24) is 4.98 Å². The Morgan fingerprint density at radius 2 is 1.90 bits per heavy atom. The normalized spacial score (nSPS) is 11.1. The largest absolute Gasteiger partial charge is 0.463 e. The summed E-state index contributed by atoms with van der Waals surface area (Å²) in [6.07, 6.45) is 2.66. The molecule has 4 aromatic rings. The van der Waals surface area contributed by atoms with Crippen molar-refractivity contribution < 1.29 is 8.83 Å². The van der Waals surface area contributed by atoms with Gasteiger partial charge in [-0.3, -0.25) is 4.79 Å². The Balaban J connectivity index is 1.61. The van der Waals surface area contributed by atoms with E-state index in [9.17, 15) is 10.1 Å². The van der Waals surface area contributed by atoms with Gasteiger partial charge in [0.2, 0.25) is 17.0 Å². The van der Waals surface area contributed by atoms with Crippen molar-refractivity contribution in [2.45, 2.75) is 13.8 Å². The van der Waals surface area contributed by atoms with Crippen LogP contribution in [0.25, 0.3) is 22.4 Å². The molecule has 0 atom stereocenters. The van der Waals surface area contributed by atoms with Crippen LogP contribution in [0.15, 0.2) is 67.5 Å². The van der Waals surface area contributed by atoms with Crippen LogP contribution in [0.5, 0.6) is 0 Å². The molecule has 0 saturated heterocycles. The van der Waals surface area contributed by atoms with Gasteiger partial charge in [0.25, 0.3) is 5.88 Å². The predicted octanol–water partition coefficient (Wildman–Crippen LogP) is 4.38. The van der Waals surface area contributed by atoms with Crippen LogP contribution in [0, 0.1) is 25.2 Å². The van der Waals surface area contributed by atoms with Gasteiger partial charge in [0.1, 0.15) is 17.9 Å². The zero-order valence-electron chi connectivity index (χ0n) is 15.8. The average Bonchev–Trinajstić information content (AvgIpc) is 3.14. The Hall–Kier alpha value is -4.18. The Labute approximate surface area is 165 Å². The first-order chi connectivity index (χ1) is 14.0. The molecule has 7 nitrogen and oxygen atoms in total. The molecule has 142 valence electrons. The first-order valence-corrected chi connectivity index (χ1v) is 8.84. The number of nitriles is 1. The van der Waals surface area contributed by atoms with Crippen LogP contribution in [0.1, 0.15) is 22.4 Å². The highest BCUT2D eigenvalue weighted by Gasteiger charge is 2.14. The second kappa shape index (κ2) is 7.44. The highest BCUT2D eigenvalue weighted by atomic mass is 16.4. The Morgan fingerprint density at radius 1 is 1.14 bits per heavy atom. The third-order valence-electron chi connectivity index (χ3n) is 4.36. The highest BCUT2D eigenvalue weighted by Crippen LogP contribution is 2.25. The van der Waals surface area contributed by atoms with Gasteiger partial charge >= 0.3 is 0 Å². The fraction of sp³-hybridized carbons (Fsp3) is 0.0909. The molecule has 0 fully saturated rings. The quantitative estimate of drug-likeness (QED) is 0.413. The predicted molar refractivity (Wildman–Crippen MR) is 110 cm³/mol. The summed E-state index contributed by atoms with van der Waals surface area (Å²) in [5.74, 6) is 0.403. The monoisotopic (exact) mass is 384 g/mol. The lowest BCUT2D eigenvalue weighted by Gasteiger charge is -2.00. The van der Waals surface area contributed by atoms with E-state index >= 15 is 0 Å². The van der Waals surface area contributed by atoms with E-state index in [0.29, 0.717) is 16.9 Å². The fourth-order valence-electron chi connectivity index (χ4n) is 2.80. The molecule has 7 heteroatoms. The molecule has 0 unspecified atom stereocenters. The van der Waals surface area contributed by atoms with Crippen molar-refractivity contribution in [2.75, 3.05) is 5.43 Å². The van der Waals surface area contributed by atoms with Crippen molar-refractivity contribution in [2.24, 2.45) is 5.10 Å². The van der Waals surface area contributed by atoms with Crippen LogP contribution in [0.2, 0.25) is 0 Å². The van der Waals surface area contributed by atoms with Crippen LogP contribution >= 0.6 is 0 Å². The number of aromatic nitrogens is 1. The summed E-state index contributed by atoms with van der Waals surface area (Å²) >= 11 is 0. The van der Waals surface area contributed by atoms with E-state index in [1.165, 1.54) is 12.5 Å². The number of hydrogen-bond donors (Lipinski definition) is 1. The van der Waals surface area contributed by atoms with Crippen molar-refractivity contribution >= 4 is 23.1 Å². The number of benzene rings is 2. The Morgan fingerprint density at radius 3 is 2.66 bits per heavy atom. The molecule has 2 aromatic carbocycles. The molecule has 0 amide bonds. The van der Waals surface area contributed by atoms with Crippen LogP contribution in [0.3, 0.4) is 0 Å². The van der Waals surface area contributed by atoms with Gasteiger partial charge in [0.15, 0.2) is 0 Å². The maximum Gasteiger partial charge on any atom is 0.252 e. The number of hydrazone groups is 1. The van der Waals surface area contributed by atoms with Gasteiger partial charge in [0.05, 0.1) is 17.2 Å². The van der Waals surface area contributed by atoms with E-state index in [1.54, 1.807) is 12.1 Å². The maximum atomic E-state index is 12.6. The minimum absolute atomic E-state index is 0.0684. The summed E-state index contributed by atoms with van der Waals surface area (Å²) in [6, 6.07) is 14.9. The molecule has 0 bridgehead atoms. The molecule has 0 spiro atoms. The summed E-state index contributed by atoms with van der Waals surface area (Å²) < 4.78 is 11.1. The number of rotatable bonds is 4. The standard InChI is InChI=1S/C22H16N4O3/c1-13-3-6-15(7-4-13)21-25-18(10-23)22(29-21)26-24-11-16-12-28-19-8-5-14(2)9-17(19)20(16)27/h3-9,11-12,26H,1-2H3. The van der Waals surface area contributed by atoms with Gasteiger partial charge in [-0.15, -0.1) is 0 Å². The molecular formula is C22H16N4O3. The van der Waals surface area contributed by atoms with Crippen molar-refractivity contribution in [3.8, 4) is 17.5 Å². The van der Waals surface area contributed by atoms with Crippen LogP contribution in [0.4, 0.5) is 5.88 Å². The maximum absolute atomic E-state index is 12.6. The third kappa shape index (κ3) is 3.64. The Kier molecular flexibility index (Phi) is 4.67. The molecule has 2 aromatic heterocycles. The van der Waals surface area contributed by atoms with E-state index in [-0.39, 0.29) is 22.6 Å². The summed E-state index contributed by atoms with van der Waals surface area (Å²) in [7, 11) is 0. The van der Waals surface area contributed by atoms with Crippen LogP contribution in [-0.4, -0.2) is 11.2 Å². The Bertz CT molecular complexity index is 1330. The van der Waals surface area contributed by atoms with E-state index in [2.05, 4.69) is 15.5 Å². The minimum atomic E-state index is -0.195. The lowest BCUT2D eigenvalue weighted by atomic mass is 10.1. The second-order valence-corrected chi connectivity index (χ2v) is 6.56. The van der Waals surface area contributed by atoms with Gasteiger partial charge < -0.3 is 8.83 Å². The SMILES string of the molecule is Cc1ccc(-c2nc(C#N)c(NN=Cc3coc4ccc(C)cc4c3=O)o2)cc1. The number of hydrogen-bond acceptors (Lipinski definition) is 7. The number of fused-ring (bicyclic) bond motifs is 1. The molecule has 0 aliphatic carbocycles. The smallest absolute Gasteiger partial charge is 0.252 e. The molecule has 1 N–H and O–H groups in total. The van der Waals surface area contributed by atoms with Gasteiger partial charge in [-0.1, -0.05) is 29.3 Å². The molecule has 0 radical (unpaired) electrons. The fourth-order valence-corrected chi connectivity index (χ4v) is 2.80. The van der Waals surface area contributed by atoms with E-state index in [4.69, 9.17) is 8.83 Å². The minimum Gasteiger partial charge on any atom is -0.463 e. The van der Waals surface area contributed by atoms with Crippen LogP contribution in [-0.2, 0) is 0 Å². The van der Waals surface area contributed by atoms with Gasteiger partial charge in [-0.2, -0.15) is 15.3 Å².